The third-order valence-corrected chi connectivity index (χ3v) is 5.73. The number of alkyl halides is 3. The number of ether oxygens (including phenoxy) is 1. The van der Waals surface area contributed by atoms with Gasteiger partial charge in [0.2, 0.25) is 0 Å². The van der Waals surface area contributed by atoms with E-state index in [-0.39, 0.29) is 5.91 Å². The smallest absolute Gasteiger partial charge is 0.416 e. The molecule has 2 aromatic carbocycles. The molecule has 2 heterocycles. The molecule has 0 spiro atoms. The predicted molar refractivity (Wildman–Crippen MR) is 112 cm³/mol. The van der Waals surface area contributed by atoms with E-state index in [0.29, 0.717) is 50.6 Å². The number of amides is 2. The van der Waals surface area contributed by atoms with Crippen molar-refractivity contribution in [3.05, 3.63) is 65.2 Å². The van der Waals surface area contributed by atoms with E-state index in [0.717, 1.165) is 30.7 Å². The molecular weight excluding hydrogens is 423 g/mol. The number of hydrogen-bond donors (Lipinski definition) is 0. The number of cyclic esters (lactones) is 1. The number of rotatable bonds is 4. The van der Waals surface area contributed by atoms with Crippen LogP contribution in [0.25, 0.3) is 0 Å². The highest BCUT2D eigenvalue weighted by molar-refractivity contribution is 5.97. The average molecular weight is 447 g/mol. The van der Waals surface area contributed by atoms with Crippen LogP contribution in [0.1, 0.15) is 27.9 Å². The Labute approximate surface area is 184 Å². The van der Waals surface area contributed by atoms with Gasteiger partial charge in [0.05, 0.1) is 12.1 Å². The van der Waals surface area contributed by atoms with Gasteiger partial charge in [-0.25, -0.2) is 4.79 Å². The van der Waals surface area contributed by atoms with Gasteiger partial charge in [0.15, 0.2) is 0 Å². The van der Waals surface area contributed by atoms with Gasteiger partial charge in [0.25, 0.3) is 5.91 Å². The Balaban J connectivity index is 1.37. The van der Waals surface area contributed by atoms with Crippen LogP contribution in [0.4, 0.5) is 23.7 Å². The number of nitrogens with zero attached hydrogens (tertiary/aromatic N) is 3. The summed E-state index contributed by atoms with van der Waals surface area (Å²) in [6, 6.07) is 12.2. The maximum absolute atomic E-state index is 13.1. The fourth-order valence-corrected chi connectivity index (χ4v) is 4.01. The van der Waals surface area contributed by atoms with Crippen molar-refractivity contribution in [2.75, 3.05) is 44.2 Å². The van der Waals surface area contributed by atoms with E-state index in [1.807, 2.05) is 0 Å². The van der Waals surface area contributed by atoms with Gasteiger partial charge in [0.1, 0.15) is 6.61 Å². The molecule has 2 fully saturated rings. The van der Waals surface area contributed by atoms with E-state index in [9.17, 15) is 22.8 Å². The minimum Gasteiger partial charge on any atom is -0.447 e. The lowest BCUT2D eigenvalue weighted by Crippen LogP contribution is -2.35. The molecule has 0 aliphatic carbocycles. The highest BCUT2D eigenvalue weighted by Crippen LogP contribution is 2.29. The normalized spacial score (nSPS) is 17.9. The zero-order chi connectivity index (χ0) is 22.7. The first-order valence-corrected chi connectivity index (χ1v) is 10.5. The van der Waals surface area contributed by atoms with E-state index < -0.39 is 17.8 Å². The molecule has 6 nitrogen and oxygen atoms in total. The Kier molecular flexibility index (Phi) is 6.36. The fraction of sp³-hybridized carbons (Fsp3) is 0.391. The van der Waals surface area contributed by atoms with Crippen molar-refractivity contribution < 1.29 is 27.5 Å². The molecule has 170 valence electrons. The molecule has 2 aliphatic heterocycles. The summed E-state index contributed by atoms with van der Waals surface area (Å²) in [5.41, 5.74) is 1.30. The summed E-state index contributed by atoms with van der Waals surface area (Å²) in [6.45, 7) is 3.83. The lowest BCUT2D eigenvalue weighted by molar-refractivity contribution is -0.137. The molecule has 0 atom stereocenters. The quantitative estimate of drug-likeness (QED) is 0.711. The fourth-order valence-electron chi connectivity index (χ4n) is 4.01. The van der Waals surface area contributed by atoms with Crippen molar-refractivity contribution in [1.82, 2.24) is 9.80 Å². The van der Waals surface area contributed by atoms with Crippen molar-refractivity contribution in [3.63, 3.8) is 0 Å². The van der Waals surface area contributed by atoms with Crippen LogP contribution in [-0.2, 0) is 17.5 Å². The van der Waals surface area contributed by atoms with Crippen LogP contribution >= 0.6 is 0 Å². The standard InChI is InChI=1S/C23H24F3N3O3/c24-23(25,26)19-7-5-17(6-8-19)16-27-9-2-10-28(12-11-27)21(30)18-3-1-4-20(15-18)29-13-14-32-22(29)31/h1,3-8,15H,2,9-14,16H2. The molecule has 0 aromatic heterocycles. The zero-order valence-electron chi connectivity index (χ0n) is 17.5. The van der Waals surface area contributed by atoms with E-state index in [1.165, 1.54) is 17.0 Å². The SMILES string of the molecule is O=C(c1cccc(N2CCOC2=O)c1)N1CCCN(Cc2ccc(C(F)(F)F)cc2)CC1. The van der Waals surface area contributed by atoms with E-state index in [2.05, 4.69) is 4.90 Å². The minimum atomic E-state index is -4.34. The minimum absolute atomic E-state index is 0.101. The molecule has 0 radical (unpaired) electrons. The summed E-state index contributed by atoms with van der Waals surface area (Å²) >= 11 is 0. The van der Waals surface area contributed by atoms with Crippen molar-refractivity contribution in [2.45, 2.75) is 19.1 Å². The molecule has 0 unspecified atom stereocenters. The summed E-state index contributed by atoms with van der Waals surface area (Å²) < 4.78 is 43.2. The van der Waals surface area contributed by atoms with E-state index >= 15 is 0 Å². The topological polar surface area (TPSA) is 53.1 Å². The molecule has 0 bridgehead atoms. The summed E-state index contributed by atoms with van der Waals surface area (Å²) in [5.74, 6) is -0.101. The van der Waals surface area contributed by atoms with Gasteiger partial charge >= 0.3 is 12.3 Å². The van der Waals surface area contributed by atoms with Crippen LogP contribution in [-0.4, -0.2) is 61.1 Å². The third kappa shape index (κ3) is 5.04. The second-order valence-corrected chi connectivity index (χ2v) is 7.93. The number of carbonyl (C=O) groups excluding carboxylic acids is 2. The van der Waals surface area contributed by atoms with Crippen molar-refractivity contribution in [1.29, 1.82) is 0 Å². The third-order valence-electron chi connectivity index (χ3n) is 5.73. The zero-order valence-corrected chi connectivity index (χ0v) is 17.5. The van der Waals surface area contributed by atoms with Crippen LogP contribution in [0.2, 0.25) is 0 Å². The van der Waals surface area contributed by atoms with Gasteiger partial charge < -0.3 is 9.64 Å². The first-order chi connectivity index (χ1) is 15.3. The first-order valence-electron chi connectivity index (χ1n) is 10.5. The maximum atomic E-state index is 13.1. The molecule has 2 aliphatic rings. The number of anilines is 1. The molecular formula is C23H24F3N3O3. The van der Waals surface area contributed by atoms with Gasteiger partial charge in [-0.1, -0.05) is 18.2 Å². The van der Waals surface area contributed by atoms with Gasteiger partial charge in [0, 0.05) is 44.0 Å². The van der Waals surface area contributed by atoms with Gasteiger partial charge in [-0.3, -0.25) is 14.6 Å². The van der Waals surface area contributed by atoms with Gasteiger partial charge in [-0.15, -0.1) is 0 Å². The average Bonchev–Trinajstić information content (AvgIpc) is 3.07. The Morgan fingerprint density at radius 1 is 0.969 bits per heavy atom. The summed E-state index contributed by atoms with van der Waals surface area (Å²) in [7, 11) is 0. The summed E-state index contributed by atoms with van der Waals surface area (Å²) in [6.07, 6.45) is -3.98. The van der Waals surface area contributed by atoms with Crippen LogP contribution in [0, 0.1) is 0 Å². The second-order valence-electron chi connectivity index (χ2n) is 7.93. The maximum Gasteiger partial charge on any atom is 0.416 e. The predicted octanol–water partition coefficient (Wildman–Crippen LogP) is 4.01. The Bertz CT molecular complexity index is 978. The Morgan fingerprint density at radius 2 is 1.75 bits per heavy atom. The summed E-state index contributed by atoms with van der Waals surface area (Å²) in [5, 5.41) is 0. The molecule has 9 heteroatoms. The largest absolute Gasteiger partial charge is 0.447 e. The monoisotopic (exact) mass is 447 g/mol. The first kappa shape index (κ1) is 22.1. The van der Waals surface area contributed by atoms with Crippen LogP contribution in [0.3, 0.4) is 0 Å². The Morgan fingerprint density at radius 3 is 2.44 bits per heavy atom. The molecule has 0 N–H and O–H groups in total. The van der Waals surface area contributed by atoms with E-state index in [1.54, 1.807) is 29.2 Å². The number of benzene rings is 2. The highest BCUT2D eigenvalue weighted by atomic mass is 19.4. The van der Waals surface area contributed by atoms with Gasteiger partial charge in [-0.05, 0) is 42.3 Å². The number of hydrogen-bond acceptors (Lipinski definition) is 4. The van der Waals surface area contributed by atoms with Crippen LogP contribution < -0.4 is 4.90 Å². The second kappa shape index (κ2) is 9.20. The van der Waals surface area contributed by atoms with Crippen molar-refractivity contribution in [2.24, 2.45) is 0 Å². The molecule has 2 aromatic rings. The van der Waals surface area contributed by atoms with E-state index in [4.69, 9.17) is 4.74 Å². The molecule has 0 saturated carbocycles. The van der Waals surface area contributed by atoms with Crippen LogP contribution in [0.15, 0.2) is 48.5 Å². The summed E-state index contributed by atoms with van der Waals surface area (Å²) in [4.78, 5) is 30.3. The highest BCUT2D eigenvalue weighted by Gasteiger charge is 2.30. The van der Waals surface area contributed by atoms with Crippen molar-refractivity contribution >= 4 is 17.7 Å². The molecule has 32 heavy (non-hydrogen) atoms. The Hall–Kier alpha value is -3.07. The molecule has 4 rings (SSSR count). The number of carbonyl (C=O) groups is 2. The molecule has 2 saturated heterocycles. The lowest BCUT2D eigenvalue weighted by atomic mass is 10.1. The molecule has 2 amide bonds. The van der Waals surface area contributed by atoms with Crippen molar-refractivity contribution in [3.8, 4) is 0 Å². The number of halogens is 3. The van der Waals surface area contributed by atoms with Gasteiger partial charge in [-0.2, -0.15) is 13.2 Å². The van der Waals surface area contributed by atoms with Crippen LogP contribution in [0.5, 0.6) is 0 Å². The lowest BCUT2D eigenvalue weighted by Gasteiger charge is -2.23.